The summed E-state index contributed by atoms with van der Waals surface area (Å²) in [6.07, 6.45) is 4.98. The normalized spacial score (nSPS) is 28.9. The van der Waals surface area contributed by atoms with E-state index in [-0.39, 0.29) is 0 Å². The third kappa shape index (κ3) is 3.26. The minimum Gasteiger partial charge on any atom is -0.381 e. The van der Waals surface area contributed by atoms with Crippen LogP contribution in [0.25, 0.3) is 0 Å². The van der Waals surface area contributed by atoms with E-state index in [1.807, 2.05) is 0 Å². The van der Waals surface area contributed by atoms with Crippen LogP contribution < -0.4 is 5.32 Å². The quantitative estimate of drug-likeness (QED) is 0.892. The molecule has 1 N–H and O–H groups in total. The molecular weight excluding hydrogens is 314 g/mol. The number of nitrogens with one attached hydrogen (secondary N) is 1. The molecule has 1 aliphatic heterocycles. The Kier molecular flexibility index (Phi) is 4.79. The Morgan fingerprint density at radius 1 is 1.20 bits per heavy atom. The van der Waals surface area contributed by atoms with E-state index in [0.717, 1.165) is 25.0 Å². The van der Waals surface area contributed by atoms with E-state index in [2.05, 4.69) is 52.4 Å². The summed E-state index contributed by atoms with van der Waals surface area (Å²) in [6, 6.07) is 9.97. The Hall–Kier alpha value is -0.380. The summed E-state index contributed by atoms with van der Waals surface area (Å²) >= 11 is 3.67. The lowest BCUT2D eigenvalue weighted by Crippen LogP contribution is -2.48. The third-order valence-corrected chi connectivity index (χ3v) is 5.68. The number of halogens is 1. The minimum absolute atomic E-state index is 0.629. The van der Waals surface area contributed by atoms with Gasteiger partial charge in [0.05, 0.1) is 0 Å². The van der Waals surface area contributed by atoms with Gasteiger partial charge in [0, 0.05) is 29.8 Å². The van der Waals surface area contributed by atoms with Crippen molar-refractivity contribution in [2.24, 2.45) is 5.92 Å². The van der Waals surface area contributed by atoms with E-state index in [4.69, 9.17) is 4.74 Å². The van der Waals surface area contributed by atoms with Crippen molar-refractivity contribution in [2.75, 3.05) is 13.2 Å². The largest absolute Gasteiger partial charge is 0.381 e. The van der Waals surface area contributed by atoms with Gasteiger partial charge in [0.25, 0.3) is 0 Å². The minimum atomic E-state index is 0.629. The van der Waals surface area contributed by atoms with Crippen LogP contribution in [0.3, 0.4) is 0 Å². The summed E-state index contributed by atoms with van der Waals surface area (Å²) in [5, 5.41) is 3.83. The fourth-order valence-corrected chi connectivity index (χ4v) is 4.15. The fourth-order valence-electron chi connectivity index (χ4n) is 3.54. The number of ether oxygens (including phenoxy) is 1. The molecule has 20 heavy (non-hydrogen) atoms. The first-order chi connectivity index (χ1) is 9.74. The number of rotatable bonds is 4. The van der Waals surface area contributed by atoms with Crippen LogP contribution >= 0.6 is 15.9 Å². The van der Waals surface area contributed by atoms with Crippen molar-refractivity contribution in [3.8, 4) is 0 Å². The van der Waals surface area contributed by atoms with E-state index >= 15 is 0 Å². The van der Waals surface area contributed by atoms with Crippen molar-refractivity contribution >= 4 is 15.9 Å². The van der Waals surface area contributed by atoms with Gasteiger partial charge in [-0.15, -0.1) is 0 Å². The second kappa shape index (κ2) is 6.59. The first-order valence-corrected chi connectivity index (χ1v) is 8.61. The molecular formula is C17H24BrNO. The van der Waals surface area contributed by atoms with Gasteiger partial charge in [-0.1, -0.05) is 34.1 Å². The number of benzene rings is 1. The Morgan fingerprint density at radius 3 is 2.60 bits per heavy atom. The predicted molar refractivity (Wildman–Crippen MR) is 86.0 cm³/mol. The van der Waals surface area contributed by atoms with E-state index in [0.29, 0.717) is 12.1 Å². The van der Waals surface area contributed by atoms with Crippen molar-refractivity contribution in [3.63, 3.8) is 0 Å². The average molecular weight is 338 g/mol. The molecule has 2 aliphatic rings. The molecule has 3 heteroatoms. The molecule has 1 heterocycles. The highest BCUT2D eigenvalue weighted by Crippen LogP contribution is 2.40. The molecule has 1 saturated carbocycles. The third-order valence-electron chi connectivity index (χ3n) is 4.95. The molecule has 1 unspecified atom stereocenters. The van der Waals surface area contributed by atoms with Crippen LogP contribution in [0.2, 0.25) is 0 Å². The van der Waals surface area contributed by atoms with Gasteiger partial charge in [0.15, 0.2) is 0 Å². The second-order valence-corrected chi connectivity index (χ2v) is 7.15. The average Bonchev–Trinajstić information content (AvgIpc) is 2.44. The van der Waals surface area contributed by atoms with Crippen LogP contribution in [-0.4, -0.2) is 25.3 Å². The van der Waals surface area contributed by atoms with Gasteiger partial charge < -0.3 is 10.1 Å². The van der Waals surface area contributed by atoms with Gasteiger partial charge in [-0.25, -0.2) is 0 Å². The summed E-state index contributed by atoms with van der Waals surface area (Å²) in [5.41, 5.74) is 1.48. The van der Waals surface area contributed by atoms with Gasteiger partial charge in [0.1, 0.15) is 0 Å². The maximum absolute atomic E-state index is 5.45. The molecule has 3 rings (SSSR count). The van der Waals surface area contributed by atoms with Crippen LogP contribution in [0.1, 0.15) is 44.1 Å². The molecule has 0 amide bonds. The van der Waals surface area contributed by atoms with Crippen molar-refractivity contribution in [1.82, 2.24) is 5.32 Å². The van der Waals surface area contributed by atoms with Crippen molar-refractivity contribution < 1.29 is 4.74 Å². The van der Waals surface area contributed by atoms with Crippen LogP contribution in [-0.2, 0) is 4.74 Å². The zero-order valence-electron chi connectivity index (χ0n) is 12.1. The lowest BCUT2D eigenvalue weighted by molar-refractivity contribution is 0.0519. The van der Waals surface area contributed by atoms with Crippen LogP contribution in [0.4, 0.5) is 0 Å². The Bertz CT molecular complexity index is 438. The van der Waals surface area contributed by atoms with Crippen LogP contribution in [0, 0.1) is 5.92 Å². The number of hydrogen-bond acceptors (Lipinski definition) is 2. The summed E-state index contributed by atoms with van der Waals surface area (Å²) in [5.74, 6) is 1.52. The van der Waals surface area contributed by atoms with E-state index in [9.17, 15) is 0 Å². The fraction of sp³-hybridized carbons (Fsp3) is 0.647. The summed E-state index contributed by atoms with van der Waals surface area (Å²) in [4.78, 5) is 0. The monoisotopic (exact) mass is 337 g/mol. The van der Waals surface area contributed by atoms with E-state index < -0.39 is 0 Å². The standard InChI is InChI=1S/C17H24BrNO/c1-12(13-6-8-20-9-7-13)19-15-10-14(11-15)16-4-2-3-5-17(16)18/h2-5,12-15,19H,6-11H2,1H3. The zero-order chi connectivity index (χ0) is 13.9. The predicted octanol–water partition coefficient (Wildman–Crippen LogP) is 4.10. The Balaban J connectivity index is 1.47. The van der Waals surface area contributed by atoms with Gasteiger partial charge in [-0.3, -0.25) is 0 Å². The SMILES string of the molecule is CC(NC1CC(c2ccccc2Br)C1)C1CCOCC1. The lowest BCUT2D eigenvalue weighted by atomic mass is 9.75. The molecule has 2 nitrogen and oxygen atoms in total. The van der Waals surface area contributed by atoms with Gasteiger partial charge >= 0.3 is 0 Å². The highest BCUT2D eigenvalue weighted by atomic mass is 79.9. The Labute approximate surface area is 130 Å². The van der Waals surface area contributed by atoms with Crippen molar-refractivity contribution in [2.45, 2.75) is 50.6 Å². The molecule has 0 bridgehead atoms. The molecule has 0 radical (unpaired) electrons. The summed E-state index contributed by atoms with van der Waals surface area (Å²) in [6.45, 7) is 4.24. The molecule has 1 aromatic rings. The second-order valence-electron chi connectivity index (χ2n) is 6.29. The first kappa shape index (κ1) is 14.6. The van der Waals surface area contributed by atoms with Crippen molar-refractivity contribution in [1.29, 1.82) is 0 Å². The number of hydrogen-bond donors (Lipinski definition) is 1. The highest BCUT2D eigenvalue weighted by Gasteiger charge is 2.33. The maximum atomic E-state index is 5.45. The molecule has 0 spiro atoms. The van der Waals surface area contributed by atoms with Crippen LogP contribution in [0.15, 0.2) is 28.7 Å². The maximum Gasteiger partial charge on any atom is 0.0469 e. The molecule has 2 fully saturated rings. The molecule has 1 aliphatic carbocycles. The Morgan fingerprint density at radius 2 is 1.90 bits per heavy atom. The summed E-state index contributed by atoms with van der Waals surface area (Å²) in [7, 11) is 0. The molecule has 0 aromatic heterocycles. The topological polar surface area (TPSA) is 21.3 Å². The lowest BCUT2D eigenvalue weighted by Gasteiger charge is -2.40. The molecule has 110 valence electrons. The summed E-state index contributed by atoms with van der Waals surface area (Å²) < 4.78 is 6.71. The zero-order valence-corrected chi connectivity index (χ0v) is 13.7. The first-order valence-electron chi connectivity index (χ1n) is 7.82. The highest BCUT2D eigenvalue weighted by molar-refractivity contribution is 9.10. The van der Waals surface area contributed by atoms with Crippen LogP contribution in [0.5, 0.6) is 0 Å². The molecule has 1 aromatic carbocycles. The van der Waals surface area contributed by atoms with Gasteiger partial charge in [0.2, 0.25) is 0 Å². The van der Waals surface area contributed by atoms with E-state index in [1.54, 1.807) is 0 Å². The van der Waals surface area contributed by atoms with Gasteiger partial charge in [-0.05, 0) is 56.1 Å². The molecule has 1 saturated heterocycles. The van der Waals surface area contributed by atoms with E-state index in [1.165, 1.54) is 35.7 Å². The smallest absolute Gasteiger partial charge is 0.0469 e. The van der Waals surface area contributed by atoms with Gasteiger partial charge in [-0.2, -0.15) is 0 Å². The molecule has 1 atom stereocenters. The van der Waals surface area contributed by atoms with Crippen molar-refractivity contribution in [3.05, 3.63) is 34.3 Å².